The van der Waals surface area contributed by atoms with Crippen molar-refractivity contribution < 1.29 is 4.79 Å². The second-order valence-corrected chi connectivity index (χ2v) is 4.21. The number of allylic oxidation sites excluding steroid dienone is 1. The summed E-state index contributed by atoms with van der Waals surface area (Å²) in [6.07, 6.45) is 2.16. The lowest BCUT2D eigenvalue weighted by Crippen LogP contribution is -2.56. The Bertz CT molecular complexity index is 217. The van der Waals surface area contributed by atoms with E-state index in [0.29, 0.717) is 6.42 Å². The summed E-state index contributed by atoms with van der Waals surface area (Å²) in [4.78, 5) is 14.1. The number of rotatable bonds is 4. The van der Waals surface area contributed by atoms with Crippen LogP contribution in [0.5, 0.6) is 0 Å². The van der Waals surface area contributed by atoms with Gasteiger partial charge in [-0.1, -0.05) is 6.08 Å². The number of piperazine rings is 1. The van der Waals surface area contributed by atoms with E-state index in [2.05, 4.69) is 16.8 Å². The Morgan fingerprint density at radius 2 is 2.07 bits per heavy atom. The average molecular weight is 196 g/mol. The van der Waals surface area contributed by atoms with Crippen molar-refractivity contribution in [2.45, 2.75) is 25.8 Å². The van der Waals surface area contributed by atoms with Crippen LogP contribution in [0.25, 0.3) is 0 Å². The van der Waals surface area contributed by atoms with Crippen LogP contribution in [0.4, 0.5) is 0 Å². The van der Waals surface area contributed by atoms with Crippen LogP contribution in [0.15, 0.2) is 12.7 Å². The van der Waals surface area contributed by atoms with Crippen LogP contribution in [-0.2, 0) is 4.79 Å². The summed E-state index contributed by atoms with van der Waals surface area (Å²) in [5, 5.41) is 3.28. The predicted octanol–water partition coefficient (Wildman–Crippen LogP) is 0.815. The molecule has 1 heterocycles. The third-order valence-corrected chi connectivity index (χ3v) is 2.92. The van der Waals surface area contributed by atoms with Crippen molar-refractivity contribution in [1.29, 1.82) is 0 Å². The summed E-state index contributed by atoms with van der Waals surface area (Å²) < 4.78 is 0. The van der Waals surface area contributed by atoms with Gasteiger partial charge in [0.05, 0.1) is 5.54 Å². The van der Waals surface area contributed by atoms with Crippen molar-refractivity contribution in [3.8, 4) is 0 Å². The molecule has 3 nitrogen and oxygen atoms in total. The van der Waals surface area contributed by atoms with Crippen LogP contribution in [-0.4, -0.2) is 42.4 Å². The van der Waals surface area contributed by atoms with E-state index in [1.807, 2.05) is 13.8 Å². The first-order chi connectivity index (χ1) is 6.59. The van der Waals surface area contributed by atoms with Crippen molar-refractivity contribution in [2.75, 3.05) is 26.2 Å². The lowest BCUT2D eigenvalue weighted by Gasteiger charge is -2.39. The topological polar surface area (TPSA) is 32.3 Å². The zero-order valence-electron chi connectivity index (χ0n) is 9.18. The highest BCUT2D eigenvalue weighted by molar-refractivity contribution is 5.88. The van der Waals surface area contributed by atoms with Gasteiger partial charge in [-0.3, -0.25) is 9.69 Å². The van der Waals surface area contributed by atoms with Gasteiger partial charge in [-0.15, -0.1) is 6.58 Å². The Morgan fingerprint density at radius 3 is 2.57 bits per heavy atom. The molecule has 1 aliphatic heterocycles. The second-order valence-electron chi connectivity index (χ2n) is 4.21. The Morgan fingerprint density at radius 1 is 1.50 bits per heavy atom. The summed E-state index contributed by atoms with van der Waals surface area (Å²) in [6.45, 7) is 11.5. The van der Waals surface area contributed by atoms with Crippen LogP contribution in [0.1, 0.15) is 20.3 Å². The number of carbonyl (C=O) groups is 1. The minimum absolute atomic E-state index is 0.259. The monoisotopic (exact) mass is 196 g/mol. The number of nitrogens with one attached hydrogen (secondary N) is 1. The number of Topliss-reactive ketones (excluding diaryl/α,β-unsaturated/α-hetero) is 1. The van der Waals surface area contributed by atoms with Gasteiger partial charge in [-0.2, -0.15) is 0 Å². The van der Waals surface area contributed by atoms with Gasteiger partial charge in [-0.05, 0) is 13.8 Å². The molecule has 0 radical (unpaired) electrons. The van der Waals surface area contributed by atoms with Crippen molar-refractivity contribution in [3.05, 3.63) is 12.7 Å². The first-order valence-corrected chi connectivity index (χ1v) is 5.19. The standard InChI is InChI=1S/C11H20N2O/c1-4-5-10(14)11(2,3)13-8-6-12-7-9-13/h4,12H,1,5-9H2,2-3H3. The van der Waals surface area contributed by atoms with E-state index in [9.17, 15) is 4.79 Å². The number of ketones is 1. The normalized spacial score (nSPS) is 19.3. The maximum absolute atomic E-state index is 11.8. The second kappa shape index (κ2) is 4.71. The molecule has 0 amide bonds. The molecule has 1 N–H and O–H groups in total. The van der Waals surface area contributed by atoms with Crippen molar-refractivity contribution in [3.63, 3.8) is 0 Å². The molecule has 1 fully saturated rings. The fourth-order valence-electron chi connectivity index (χ4n) is 1.78. The molecule has 0 aromatic rings. The number of carbonyl (C=O) groups excluding carboxylic acids is 1. The van der Waals surface area contributed by atoms with Crippen LogP contribution >= 0.6 is 0 Å². The van der Waals surface area contributed by atoms with Crippen LogP contribution in [0.2, 0.25) is 0 Å². The first kappa shape index (κ1) is 11.4. The molecule has 0 saturated carbocycles. The van der Waals surface area contributed by atoms with E-state index in [1.54, 1.807) is 6.08 Å². The fraction of sp³-hybridized carbons (Fsp3) is 0.727. The first-order valence-electron chi connectivity index (χ1n) is 5.19. The summed E-state index contributed by atoms with van der Waals surface area (Å²) in [6, 6.07) is 0. The van der Waals surface area contributed by atoms with Gasteiger partial charge in [0.2, 0.25) is 0 Å². The van der Waals surface area contributed by atoms with Crippen molar-refractivity contribution in [1.82, 2.24) is 10.2 Å². The van der Waals surface area contributed by atoms with E-state index < -0.39 is 0 Å². The van der Waals surface area contributed by atoms with Crippen molar-refractivity contribution >= 4 is 5.78 Å². The molecule has 0 atom stereocenters. The van der Waals surface area contributed by atoms with E-state index >= 15 is 0 Å². The molecule has 0 aliphatic carbocycles. The van der Waals surface area contributed by atoms with Crippen LogP contribution in [0, 0.1) is 0 Å². The van der Waals surface area contributed by atoms with Gasteiger partial charge in [0.15, 0.2) is 5.78 Å². The molecule has 1 rings (SSSR count). The summed E-state index contributed by atoms with van der Waals surface area (Å²) in [5.74, 6) is 0.259. The molecule has 80 valence electrons. The molecule has 3 heteroatoms. The highest BCUT2D eigenvalue weighted by atomic mass is 16.1. The third kappa shape index (κ3) is 2.42. The highest BCUT2D eigenvalue weighted by Crippen LogP contribution is 2.17. The minimum atomic E-state index is -0.337. The van der Waals surface area contributed by atoms with Gasteiger partial charge in [0, 0.05) is 32.6 Å². The van der Waals surface area contributed by atoms with Crippen molar-refractivity contribution in [2.24, 2.45) is 0 Å². The Balaban J connectivity index is 2.61. The lowest BCUT2D eigenvalue weighted by molar-refractivity contribution is -0.128. The zero-order valence-corrected chi connectivity index (χ0v) is 9.18. The van der Waals surface area contributed by atoms with E-state index in [4.69, 9.17) is 0 Å². The SMILES string of the molecule is C=CCC(=O)C(C)(C)N1CCNCC1. The average Bonchev–Trinajstić information content (AvgIpc) is 2.19. The van der Waals surface area contributed by atoms with E-state index in [-0.39, 0.29) is 11.3 Å². The highest BCUT2D eigenvalue weighted by Gasteiger charge is 2.33. The maximum Gasteiger partial charge on any atom is 0.156 e. The molecule has 0 spiro atoms. The van der Waals surface area contributed by atoms with Gasteiger partial charge in [0.1, 0.15) is 0 Å². The maximum atomic E-state index is 11.8. The van der Waals surface area contributed by atoms with Gasteiger partial charge >= 0.3 is 0 Å². The molecule has 1 aliphatic rings. The minimum Gasteiger partial charge on any atom is -0.314 e. The third-order valence-electron chi connectivity index (χ3n) is 2.92. The summed E-state index contributed by atoms with van der Waals surface area (Å²) in [5.41, 5.74) is -0.337. The zero-order chi connectivity index (χ0) is 10.6. The molecule has 0 aromatic heterocycles. The number of hydrogen-bond donors (Lipinski definition) is 1. The quantitative estimate of drug-likeness (QED) is 0.676. The van der Waals surface area contributed by atoms with E-state index in [1.165, 1.54) is 0 Å². The van der Waals surface area contributed by atoms with Gasteiger partial charge < -0.3 is 5.32 Å². The summed E-state index contributed by atoms with van der Waals surface area (Å²) >= 11 is 0. The Hall–Kier alpha value is -0.670. The number of hydrogen-bond acceptors (Lipinski definition) is 3. The molecule has 0 aromatic carbocycles. The summed E-state index contributed by atoms with van der Waals surface area (Å²) in [7, 11) is 0. The largest absolute Gasteiger partial charge is 0.314 e. The molecular weight excluding hydrogens is 176 g/mol. The van der Waals surface area contributed by atoms with Gasteiger partial charge in [0.25, 0.3) is 0 Å². The molecule has 1 saturated heterocycles. The lowest BCUT2D eigenvalue weighted by atomic mass is 9.93. The fourth-order valence-corrected chi connectivity index (χ4v) is 1.78. The molecule has 14 heavy (non-hydrogen) atoms. The Kier molecular flexibility index (Phi) is 3.84. The van der Waals surface area contributed by atoms with Crippen LogP contribution < -0.4 is 5.32 Å². The van der Waals surface area contributed by atoms with E-state index in [0.717, 1.165) is 26.2 Å². The molecule has 0 unspecified atom stereocenters. The smallest absolute Gasteiger partial charge is 0.156 e. The Labute approximate surface area is 86.2 Å². The molecule has 0 bridgehead atoms. The predicted molar refractivity (Wildman–Crippen MR) is 58.3 cm³/mol. The van der Waals surface area contributed by atoms with Crippen LogP contribution in [0.3, 0.4) is 0 Å². The number of nitrogens with zero attached hydrogens (tertiary/aromatic N) is 1. The van der Waals surface area contributed by atoms with Gasteiger partial charge in [-0.25, -0.2) is 0 Å². The molecular formula is C11H20N2O.